The number of aliphatic hydroxyl groups is 1. The Balaban J connectivity index is 0.000000892. The van der Waals surface area contributed by atoms with Gasteiger partial charge in [0.05, 0.1) is 13.2 Å². The Morgan fingerprint density at radius 1 is 1.43 bits per heavy atom. The van der Waals surface area contributed by atoms with Crippen LogP contribution in [0.5, 0.6) is 0 Å². The van der Waals surface area contributed by atoms with E-state index in [1.54, 1.807) is 19.9 Å². The van der Waals surface area contributed by atoms with Crippen molar-refractivity contribution in [2.75, 3.05) is 13.2 Å². The van der Waals surface area contributed by atoms with Gasteiger partial charge in [0, 0.05) is 18.2 Å². The molecule has 2 rings (SSSR count). The van der Waals surface area contributed by atoms with Gasteiger partial charge in [0.15, 0.2) is 11.5 Å². The predicted molar refractivity (Wildman–Crippen MR) is 109 cm³/mol. The molecule has 7 nitrogen and oxygen atoms in total. The summed E-state index contributed by atoms with van der Waals surface area (Å²) in [6.45, 7) is 7.62. The van der Waals surface area contributed by atoms with Gasteiger partial charge in [0.25, 0.3) is 5.91 Å². The number of hydrogen-bond donors (Lipinski definition) is 2. The second-order valence-corrected chi connectivity index (χ2v) is 5.77. The standard InChI is InChI=1S/C17H21N3O4.C4H6/c1-4-19-20-10-13-11(3)7-6-8-12(13)16(22)15(20)17(23)18-9-14(21)24-5-2;1-3-4-2/h4,6-8,22H,5,9-10H2,1-3H3,(H,18,23);1H,4H2,2H3/b19-4-;. The number of fused-ring (bicyclic) bond motifs is 1. The van der Waals surface area contributed by atoms with Crippen molar-refractivity contribution in [3.8, 4) is 12.3 Å². The summed E-state index contributed by atoms with van der Waals surface area (Å²) in [5, 5.41) is 18.6. The second-order valence-electron chi connectivity index (χ2n) is 5.77. The lowest BCUT2D eigenvalue weighted by Crippen LogP contribution is -2.38. The van der Waals surface area contributed by atoms with Crippen LogP contribution in [0.25, 0.3) is 5.76 Å². The van der Waals surface area contributed by atoms with E-state index in [4.69, 9.17) is 11.2 Å². The van der Waals surface area contributed by atoms with Crippen molar-refractivity contribution in [2.24, 2.45) is 5.10 Å². The van der Waals surface area contributed by atoms with Crippen LogP contribution in [-0.4, -0.2) is 41.4 Å². The maximum Gasteiger partial charge on any atom is 0.325 e. The zero-order chi connectivity index (χ0) is 21.1. The van der Waals surface area contributed by atoms with Crippen LogP contribution in [0, 0.1) is 19.3 Å². The van der Waals surface area contributed by atoms with E-state index in [0.29, 0.717) is 12.1 Å². The van der Waals surface area contributed by atoms with E-state index in [1.807, 2.05) is 26.0 Å². The fourth-order valence-electron chi connectivity index (χ4n) is 2.52. The van der Waals surface area contributed by atoms with Crippen LogP contribution in [0.3, 0.4) is 0 Å². The van der Waals surface area contributed by atoms with Gasteiger partial charge in [-0.3, -0.25) is 14.6 Å². The lowest BCUT2D eigenvalue weighted by Gasteiger charge is -2.29. The molecule has 1 aromatic carbocycles. The lowest BCUT2D eigenvalue weighted by molar-refractivity contribution is -0.143. The van der Waals surface area contributed by atoms with E-state index >= 15 is 0 Å². The van der Waals surface area contributed by atoms with Crippen molar-refractivity contribution < 1.29 is 19.4 Å². The molecule has 0 saturated carbocycles. The van der Waals surface area contributed by atoms with E-state index in [-0.39, 0.29) is 24.6 Å². The molecule has 1 aliphatic rings. The number of rotatable bonds is 5. The van der Waals surface area contributed by atoms with E-state index < -0.39 is 11.9 Å². The predicted octanol–water partition coefficient (Wildman–Crippen LogP) is 2.75. The van der Waals surface area contributed by atoms with Gasteiger partial charge >= 0.3 is 5.97 Å². The van der Waals surface area contributed by atoms with Gasteiger partial charge in [-0.25, -0.2) is 0 Å². The first-order chi connectivity index (χ1) is 13.4. The molecule has 0 aliphatic carbocycles. The largest absolute Gasteiger partial charge is 0.505 e. The summed E-state index contributed by atoms with van der Waals surface area (Å²) >= 11 is 0. The molecule has 1 heterocycles. The average Bonchev–Trinajstić information content (AvgIpc) is 2.68. The van der Waals surface area contributed by atoms with Crippen molar-refractivity contribution >= 4 is 23.9 Å². The molecule has 1 amide bonds. The van der Waals surface area contributed by atoms with Crippen molar-refractivity contribution in [1.82, 2.24) is 10.3 Å². The van der Waals surface area contributed by atoms with Gasteiger partial charge in [0.1, 0.15) is 6.54 Å². The number of terminal acetylenes is 1. The van der Waals surface area contributed by atoms with Crippen LogP contribution in [0.15, 0.2) is 29.0 Å². The highest BCUT2D eigenvalue weighted by atomic mass is 16.5. The number of aryl methyl sites for hydroxylation is 1. The number of hydrazone groups is 1. The number of nitrogens with one attached hydrogen (secondary N) is 1. The summed E-state index contributed by atoms with van der Waals surface area (Å²) in [6, 6.07) is 5.51. The minimum absolute atomic E-state index is 0.00972. The summed E-state index contributed by atoms with van der Waals surface area (Å²) < 4.78 is 4.78. The molecule has 2 N–H and O–H groups in total. The molecule has 0 fully saturated rings. The van der Waals surface area contributed by atoms with E-state index in [0.717, 1.165) is 17.5 Å². The lowest BCUT2D eigenvalue weighted by atomic mass is 9.96. The fraction of sp³-hybridized carbons (Fsp3) is 0.381. The van der Waals surface area contributed by atoms with Crippen LogP contribution >= 0.6 is 0 Å². The molecule has 150 valence electrons. The maximum absolute atomic E-state index is 12.4. The first-order valence-corrected chi connectivity index (χ1v) is 9.06. The molecule has 0 aromatic heterocycles. The number of ether oxygens (including phenoxy) is 1. The highest BCUT2D eigenvalue weighted by molar-refractivity contribution is 6.01. The van der Waals surface area contributed by atoms with Crippen molar-refractivity contribution in [2.45, 2.75) is 40.7 Å². The number of amides is 1. The Bertz CT molecular complexity index is 806. The molecule has 0 atom stereocenters. The summed E-state index contributed by atoms with van der Waals surface area (Å²) in [6.07, 6.45) is 7.16. The first-order valence-electron chi connectivity index (χ1n) is 9.06. The van der Waals surface area contributed by atoms with Crippen LogP contribution in [0.1, 0.15) is 43.9 Å². The Morgan fingerprint density at radius 3 is 2.68 bits per heavy atom. The minimum atomic E-state index is -0.585. The molecule has 1 aliphatic heterocycles. The van der Waals surface area contributed by atoms with Gasteiger partial charge < -0.3 is 15.2 Å². The molecular weight excluding hydrogens is 358 g/mol. The number of aliphatic hydroxyl groups excluding tert-OH is 1. The zero-order valence-electron chi connectivity index (χ0n) is 16.8. The van der Waals surface area contributed by atoms with Crippen molar-refractivity contribution in [1.29, 1.82) is 0 Å². The molecule has 0 saturated heterocycles. The summed E-state index contributed by atoms with van der Waals surface area (Å²) in [7, 11) is 0. The van der Waals surface area contributed by atoms with Crippen LogP contribution in [0.4, 0.5) is 0 Å². The third-order valence-electron chi connectivity index (χ3n) is 3.83. The summed E-state index contributed by atoms with van der Waals surface area (Å²) in [5.74, 6) is 1.15. The Hall–Kier alpha value is -3.27. The Labute approximate surface area is 166 Å². The van der Waals surface area contributed by atoms with Gasteiger partial charge in [0.2, 0.25) is 0 Å². The number of nitrogens with zero attached hydrogens (tertiary/aromatic N) is 2. The van der Waals surface area contributed by atoms with Gasteiger partial charge in [-0.2, -0.15) is 5.10 Å². The molecule has 0 spiro atoms. The number of carbonyl (C=O) groups is 2. The monoisotopic (exact) mass is 385 g/mol. The molecule has 1 aromatic rings. The van der Waals surface area contributed by atoms with Gasteiger partial charge in [-0.15, -0.1) is 12.3 Å². The van der Waals surface area contributed by atoms with Crippen LogP contribution in [-0.2, 0) is 20.9 Å². The molecule has 7 heteroatoms. The van der Waals surface area contributed by atoms with E-state index in [2.05, 4.69) is 16.3 Å². The topological polar surface area (TPSA) is 91.2 Å². The summed E-state index contributed by atoms with van der Waals surface area (Å²) in [5.41, 5.74) is 2.51. The van der Waals surface area contributed by atoms with Crippen molar-refractivity contribution in [3.05, 3.63) is 40.6 Å². The Kier molecular flexibility index (Phi) is 9.31. The smallest absolute Gasteiger partial charge is 0.325 e. The molecular formula is C21H27N3O4. The van der Waals surface area contributed by atoms with Crippen molar-refractivity contribution in [3.63, 3.8) is 0 Å². The highest BCUT2D eigenvalue weighted by Gasteiger charge is 2.30. The molecule has 0 bridgehead atoms. The highest BCUT2D eigenvalue weighted by Crippen LogP contribution is 2.32. The SMILES string of the molecule is C#CCC.C/C=N\N1Cc2c(C)cccc2C(O)=C1C(=O)NCC(=O)OCC. The quantitative estimate of drug-likeness (QED) is 0.462. The van der Waals surface area contributed by atoms with E-state index in [9.17, 15) is 14.7 Å². The fourth-order valence-corrected chi connectivity index (χ4v) is 2.52. The third kappa shape index (κ3) is 5.88. The van der Waals surface area contributed by atoms with Crippen LogP contribution < -0.4 is 5.32 Å². The number of hydrogen-bond acceptors (Lipinski definition) is 6. The number of carbonyl (C=O) groups excluding carboxylic acids is 2. The minimum Gasteiger partial charge on any atom is -0.505 e. The molecule has 0 unspecified atom stereocenters. The number of benzene rings is 1. The maximum atomic E-state index is 12.4. The number of esters is 1. The first kappa shape index (κ1) is 22.8. The molecule has 0 radical (unpaired) electrons. The summed E-state index contributed by atoms with van der Waals surface area (Å²) in [4.78, 5) is 23.8. The second kappa shape index (κ2) is 11.4. The van der Waals surface area contributed by atoms with Gasteiger partial charge in [-0.1, -0.05) is 25.1 Å². The molecule has 28 heavy (non-hydrogen) atoms. The normalized spacial score (nSPS) is 12.6. The average molecular weight is 385 g/mol. The van der Waals surface area contributed by atoms with Crippen LogP contribution in [0.2, 0.25) is 0 Å². The van der Waals surface area contributed by atoms with E-state index in [1.165, 1.54) is 11.2 Å². The zero-order valence-corrected chi connectivity index (χ0v) is 16.8. The van der Waals surface area contributed by atoms with Gasteiger partial charge in [-0.05, 0) is 31.9 Å². The third-order valence-corrected chi connectivity index (χ3v) is 3.83. The Morgan fingerprint density at radius 2 is 2.11 bits per heavy atom.